The van der Waals surface area contributed by atoms with Crippen LogP contribution in [0, 0.1) is 0 Å². The van der Waals surface area contributed by atoms with Crippen LogP contribution in [0.25, 0.3) is 0 Å². The summed E-state index contributed by atoms with van der Waals surface area (Å²) < 4.78 is 17.0. The van der Waals surface area contributed by atoms with Gasteiger partial charge in [-0.2, -0.15) is 0 Å². The van der Waals surface area contributed by atoms with E-state index < -0.39 is 6.10 Å². The van der Waals surface area contributed by atoms with Crippen LogP contribution in [-0.4, -0.2) is 37.2 Å². The average molecular weight is 1150 g/mol. The summed E-state index contributed by atoms with van der Waals surface area (Å²) in [4.78, 5) is 38.5. The molecule has 0 bridgehead atoms. The van der Waals surface area contributed by atoms with Gasteiger partial charge in [0.15, 0.2) is 6.10 Å². The fraction of sp³-hybridized carbons (Fsp3) is 0.701. The molecule has 0 spiro atoms. The summed E-state index contributed by atoms with van der Waals surface area (Å²) in [5, 5.41) is 0. The van der Waals surface area contributed by atoms with Crippen molar-refractivity contribution in [1.82, 2.24) is 0 Å². The lowest BCUT2D eigenvalue weighted by Gasteiger charge is -2.18. The van der Waals surface area contributed by atoms with E-state index in [4.69, 9.17) is 14.2 Å². The molecule has 474 valence electrons. The molecule has 6 heteroatoms. The van der Waals surface area contributed by atoms with Gasteiger partial charge in [0.1, 0.15) is 13.2 Å². The first-order chi connectivity index (χ1) is 41.0. The molecule has 0 aromatic carbocycles. The predicted octanol–water partition coefficient (Wildman–Crippen LogP) is 24.3. The zero-order chi connectivity index (χ0) is 59.9. The molecule has 83 heavy (non-hydrogen) atoms. The third-order valence-electron chi connectivity index (χ3n) is 14.9. The maximum absolute atomic E-state index is 13.0. The Hall–Kier alpha value is -4.19. The molecule has 0 aliphatic rings. The number of esters is 3. The van der Waals surface area contributed by atoms with Gasteiger partial charge in [-0.3, -0.25) is 14.4 Å². The highest BCUT2D eigenvalue weighted by Crippen LogP contribution is 2.16. The van der Waals surface area contributed by atoms with E-state index >= 15 is 0 Å². The minimum atomic E-state index is -0.796. The molecule has 0 N–H and O–H groups in total. The van der Waals surface area contributed by atoms with E-state index in [1.54, 1.807) is 0 Å². The molecule has 0 heterocycles. The first kappa shape index (κ1) is 78.8. The van der Waals surface area contributed by atoms with Crippen molar-refractivity contribution in [3.63, 3.8) is 0 Å². The SMILES string of the molecule is CC/C=C\C/C=C\C/C=C\C/C=C\C/C=C\CCCCCCCCCC(=O)OCC(COC(=O)CCCCCCCC/C=C\C/C=C\C/C=C\CCCCC)OC(=O)CCCCCCCCCCCCC/C=C\C/C=C\CCCCCCC. The molecular weight excluding hydrogens is 1020 g/mol. The van der Waals surface area contributed by atoms with E-state index in [2.05, 4.69) is 142 Å². The van der Waals surface area contributed by atoms with Crippen LogP contribution in [0.4, 0.5) is 0 Å². The molecule has 1 atom stereocenters. The number of unbranched alkanes of at least 4 members (excludes halogenated alkanes) is 32. The molecule has 0 amide bonds. The minimum absolute atomic E-state index is 0.0905. The summed E-state index contributed by atoms with van der Waals surface area (Å²) in [6.07, 6.45) is 97.7. The quantitative estimate of drug-likeness (QED) is 0.0261. The van der Waals surface area contributed by atoms with Crippen LogP contribution in [0.15, 0.2) is 122 Å². The van der Waals surface area contributed by atoms with Crippen LogP contribution >= 0.6 is 0 Å². The molecule has 0 fully saturated rings. The van der Waals surface area contributed by atoms with Crippen LogP contribution in [0.5, 0.6) is 0 Å². The summed E-state index contributed by atoms with van der Waals surface area (Å²) in [5.41, 5.74) is 0. The Morgan fingerprint density at radius 3 is 0.759 bits per heavy atom. The lowest BCUT2D eigenvalue weighted by molar-refractivity contribution is -0.167. The number of ether oxygens (including phenoxy) is 3. The Balaban J connectivity index is 4.44. The number of carbonyl (C=O) groups excluding carboxylic acids is 3. The van der Waals surface area contributed by atoms with Crippen LogP contribution in [-0.2, 0) is 28.6 Å². The fourth-order valence-electron chi connectivity index (χ4n) is 9.68. The fourth-order valence-corrected chi connectivity index (χ4v) is 9.68. The van der Waals surface area contributed by atoms with Gasteiger partial charge in [-0.05, 0) is 135 Å². The van der Waals surface area contributed by atoms with Crippen molar-refractivity contribution < 1.29 is 28.6 Å². The van der Waals surface area contributed by atoms with E-state index in [1.165, 1.54) is 167 Å². The van der Waals surface area contributed by atoms with Crippen LogP contribution in [0.1, 0.15) is 329 Å². The molecule has 0 rings (SSSR count). The van der Waals surface area contributed by atoms with Crippen molar-refractivity contribution in [3.05, 3.63) is 122 Å². The molecule has 6 nitrogen and oxygen atoms in total. The number of allylic oxidation sites excluding steroid dienone is 20. The lowest BCUT2D eigenvalue weighted by Crippen LogP contribution is -2.30. The highest BCUT2D eigenvalue weighted by Gasteiger charge is 2.19. The Labute approximate surface area is 513 Å². The van der Waals surface area contributed by atoms with Gasteiger partial charge in [0.25, 0.3) is 0 Å². The van der Waals surface area contributed by atoms with Gasteiger partial charge in [-0.1, -0.05) is 296 Å². The zero-order valence-corrected chi connectivity index (χ0v) is 54.4. The van der Waals surface area contributed by atoms with Crippen LogP contribution in [0.3, 0.4) is 0 Å². The number of hydrogen-bond donors (Lipinski definition) is 0. The maximum atomic E-state index is 13.0. The Kier molecular flexibility index (Phi) is 66.7. The Morgan fingerprint density at radius 2 is 0.470 bits per heavy atom. The molecule has 0 radical (unpaired) electrons. The van der Waals surface area contributed by atoms with Crippen molar-refractivity contribution in [2.45, 2.75) is 335 Å². The van der Waals surface area contributed by atoms with E-state index in [0.717, 1.165) is 122 Å². The highest BCUT2D eigenvalue weighted by molar-refractivity contribution is 5.71. The Bertz CT molecular complexity index is 1700. The molecule has 0 aromatic heterocycles. The second-order valence-electron chi connectivity index (χ2n) is 23.1. The minimum Gasteiger partial charge on any atom is -0.462 e. The second-order valence-corrected chi connectivity index (χ2v) is 23.1. The van der Waals surface area contributed by atoms with Gasteiger partial charge in [0, 0.05) is 19.3 Å². The highest BCUT2D eigenvalue weighted by atomic mass is 16.6. The average Bonchev–Trinajstić information content (AvgIpc) is 3.49. The Morgan fingerprint density at radius 1 is 0.253 bits per heavy atom. The summed E-state index contributed by atoms with van der Waals surface area (Å²) >= 11 is 0. The van der Waals surface area contributed by atoms with Crippen molar-refractivity contribution in [2.75, 3.05) is 13.2 Å². The van der Waals surface area contributed by atoms with Crippen LogP contribution < -0.4 is 0 Å². The molecule has 0 saturated heterocycles. The normalized spacial score (nSPS) is 12.9. The standard InChI is InChI=1S/C77H130O6/c1-4-7-10-13-16-19-22-25-28-31-34-36-38-40-43-46-49-52-55-58-61-64-67-70-76(79)82-73-74(72-81-75(78)69-66-63-60-57-54-51-48-45-42-33-30-27-24-21-18-15-12-9-6-3)83-77(80)71-68-65-62-59-56-53-50-47-44-41-39-37-35-32-29-26-23-20-17-14-11-8-5-2/h7,10,16,18-19,21,23,25-28,30,32,34-36,40,42-43,45,74H,4-6,8-9,11-15,17,20,22,24,29,31,33,37-39,41,44,46-73H2,1-3H3/b10-7-,19-16-,21-18-,26-23-,28-25-,30-27-,35-32-,36-34-,43-40-,45-42-. The summed E-state index contributed by atoms with van der Waals surface area (Å²) in [7, 11) is 0. The summed E-state index contributed by atoms with van der Waals surface area (Å²) in [6.45, 7) is 6.50. The third-order valence-corrected chi connectivity index (χ3v) is 14.9. The molecular formula is C77H130O6. The van der Waals surface area contributed by atoms with Crippen molar-refractivity contribution in [1.29, 1.82) is 0 Å². The van der Waals surface area contributed by atoms with Gasteiger partial charge < -0.3 is 14.2 Å². The van der Waals surface area contributed by atoms with Crippen molar-refractivity contribution >= 4 is 17.9 Å². The monoisotopic (exact) mass is 1150 g/mol. The van der Waals surface area contributed by atoms with Gasteiger partial charge in [0.05, 0.1) is 0 Å². The van der Waals surface area contributed by atoms with E-state index in [-0.39, 0.29) is 31.1 Å². The third kappa shape index (κ3) is 68.5. The van der Waals surface area contributed by atoms with Crippen molar-refractivity contribution in [2.24, 2.45) is 0 Å². The molecule has 0 saturated carbocycles. The van der Waals surface area contributed by atoms with E-state index in [9.17, 15) is 14.4 Å². The molecule has 0 aliphatic carbocycles. The predicted molar refractivity (Wildman–Crippen MR) is 362 cm³/mol. The van der Waals surface area contributed by atoms with Gasteiger partial charge in [0.2, 0.25) is 0 Å². The van der Waals surface area contributed by atoms with Gasteiger partial charge in [-0.15, -0.1) is 0 Å². The number of carbonyl (C=O) groups is 3. The summed E-state index contributed by atoms with van der Waals surface area (Å²) in [5.74, 6) is -0.904. The lowest BCUT2D eigenvalue weighted by atomic mass is 10.0. The zero-order valence-electron chi connectivity index (χ0n) is 54.4. The molecule has 0 aromatic rings. The number of hydrogen-bond acceptors (Lipinski definition) is 6. The summed E-state index contributed by atoms with van der Waals surface area (Å²) in [6, 6.07) is 0. The van der Waals surface area contributed by atoms with E-state index in [1.807, 2.05) is 0 Å². The number of rotatable bonds is 63. The first-order valence-electron chi connectivity index (χ1n) is 35.0. The largest absolute Gasteiger partial charge is 0.462 e. The molecule has 1 unspecified atom stereocenters. The van der Waals surface area contributed by atoms with E-state index in [0.29, 0.717) is 19.3 Å². The van der Waals surface area contributed by atoms with Gasteiger partial charge >= 0.3 is 17.9 Å². The smallest absolute Gasteiger partial charge is 0.306 e. The maximum Gasteiger partial charge on any atom is 0.306 e. The first-order valence-corrected chi connectivity index (χ1v) is 35.0. The van der Waals surface area contributed by atoms with Crippen LogP contribution in [0.2, 0.25) is 0 Å². The van der Waals surface area contributed by atoms with Crippen molar-refractivity contribution in [3.8, 4) is 0 Å². The topological polar surface area (TPSA) is 78.9 Å². The van der Waals surface area contributed by atoms with Gasteiger partial charge in [-0.25, -0.2) is 0 Å². The molecule has 0 aliphatic heterocycles. The second kappa shape index (κ2) is 70.3.